The fourth-order valence-electron chi connectivity index (χ4n) is 3.03. The Labute approximate surface area is 147 Å². The maximum absolute atomic E-state index is 13.1. The molecule has 132 valence electrons. The molecule has 0 saturated carbocycles. The molecule has 0 bridgehead atoms. The van der Waals surface area contributed by atoms with Crippen LogP contribution in [-0.2, 0) is 13.1 Å². The van der Waals surface area contributed by atoms with Crippen molar-refractivity contribution in [2.45, 2.75) is 33.9 Å². The Morgan fingerprint density at radius 3 is 2.64 bits per heavy atom. The van der Waals surface area contributed by atoms with Crippen molar-refractivity contribution in [1.29, 1.82) is 0 Å². The standard InChI is InChI=1S/C19H24FN5/c1-14(12-24-9-8-21-13-24)10-22-11-19-15(2)23-25(16(19)3)18-6-4-17(20)5-7-18/h4-9,13-14,22H,10-12H2,1-3H3. The molecule has 3 rings (SSSR count). The molecular formula is C19H24FN5. The summed E-state index contributed by atoms with van der Waals surface area (Å²) >= 11 is 0. The van der Waals surface area contributed by atoms with E-state index in [-0.39, 0.29) is 5.82 Å². The van der Waals surface area contributed by atoms with Gasteiger partial charge >= 0.3 is 0 Å². The predicted molar refractivity (Wildman–Crippen MR) is 96.1 cm³/mol. The third kappa shape index (κ3) is 4.14. The molecule has 0 amide bonds. The largest absolute Gasteiger partial charge is 0.337 e. The van der Waals surface area contributed by atoms with Crippen LogP contribution in [0.25, 0.3) is 5.69 Å². The number of aryl methyl sites for hydroxylation is 1. The lowest BCUT2D eigenvalue weighted by atomic mass is 10.1. The van der Waals surface area contributed by atoms with Crippen LogP contribution >= 0.6 is 0 Å². The van der Waals surface area contributed by atoms with E-state index in [1.54, 1.807) is 18.3 Å². The Hall–Kier alpha value is -2.47. The normalized spacial score (nSPS) is 12.5. The number of hydrogen-bond acceptors (Lipinski definition) is 3. The summed E-state index contributed by atoms with van der Waals surface area (Å²) in [6.45, 7) is 8.91. The smallest absolute Gasteiger partial charge is 0.123 e. The lowest BCUT2D eigenvalue weighted by Gasteiger charge is -2.13. The molecule has 25 heavy (non-hydrogen) atoms. The van der Waals surface area contributed by atoms with Crippen molar-refractivity contribution < 1.29 is 4.39 Å². The molecule has 1 unspecified atom stereocenters. The minimum atomic E-state index is -0.237. The minimum Gasteiger partial charge on any atom is -0.337 e. The Balaban J connectivity index is 1.62. The highest BCUT2D eigenvalue weighted by atomic mass is 19.1. The molecule has 0 aliphatic carbocycles. The number of rotatable bonds is 7. The molecule has 0 aliphatic rings. The molecule has 5 nitrogen and oxygen atoms in total. The summed E-state index contributed by atoms with van der Waals surface area (Å²) < 4.78 is 17.1. The zero-order chi connectivity index (χ0) is 17.8. The number of nitrogens with zero attached hydrogens (tertiary/aromatic N) is 4. The molecule has 3 aromatic rings. The second-order valence-corrected chi connectivity index (χ2v) is 6.53. The van der Waals surface area contributed by atoms with Gasteiger partial charge in [0, 0.05) is 36.7 Å². The number of aromatic nitrogens is 4. The van der Waals surface area contributed by atoms with Crippen LogP contribution in [0.4, 0.5) is 4.39 Å². The number of hydrogen-bond donors (Lipinski definition) is 1. The molecule has 1 N–H and O–H groups in total. The van der Waals surface area contributed by atoms with Gasteiger partial charge in [0.25, 0.3) is 0 Å². The molecule has 2 aromatic heterocycles. The Morgan fingerprint density at radius 2 is 1.96 bits per heavy atom. The van der Waals surface area contributed by atoms with Crippen LogP contribution in [0.5, 0.6) is 0 Å². The lowest BCUT2D eigenvalue weighted by Crippen LogP contribution is -2.24. The van der Waals surface area contributed by atoms with Crippen LogP contribution in [0, 0.1) is 25.6 Å². The van der Waals surface area contributed by atoms with Gasteiger partial charge in [0.05, 0.1) is 17.7 Å². The quantitative estimate of drug-likeness (QED) is 0.718. The molecule has 1 aromatic carbocycles. The van der Waals surface area contributed by atoms with Crippen molar-refractivity contribution in [1.82, 2.24) is 24.6 Å². The van der Waals surface area contributed by atoms with Crippen molar-refractivity contribution in [3.05, 3.63) is 65.8 Å². The van der Waals surface area contributed by atoms with E-state index in [9.17, 15) is 4.39 Å². The Bertz CT molecular complexity index is 805. The van der Waals surface area contributed by atoms with Gasteiger partial charge in [0.15, 0.2) is 0 Å². The molecule has 0 radical (unpaired) electrons. The van der Waals surface area contributed by atoms with E-state index >= 15 is 0 Å². The maximum Gasteiger partial charge on any atom is 0.123 e. The van der Waals surface area contributed by atoms with Gasteiger partial charge in [-0.15, -0.1) is 0 Å². The number of nitrogens with one attached hydrogen (secondary N) is 1. The van der Waals surface area contributed by atoms with E-state index < -0.39 is 0 Å². The fraction of sp³-hybridized carbons (Fsp3) is 0.368. The first-order valence-corrected chi connectivity index (χ1v) is 8.52. The molecule has 0 fully saturated rings. The van der Waals surface area contributed by atoms with Crippen LogP contribution in [0.15, 0.2) is 43.0 Å². The van der Waals surface area contributed by atoms with Crippen molar-refractivity contribution in [2.24, 2.45) is 5.92 Å². The van der Waals surface area contributed by atoms with Gasteiger partial charge in [0.2, 0.25) is 0 Å². The van der Waals surface area contributed by atoms with Crippen molar-refractivity contribution in [2.75, 3.05) is 6.54 Å². The molecule has 2 heterocycles. The van der Waals surface area contributed by atoms with E-state index in [1.807, 2.05) is 24.1 Å². The van der Waals surface area contributed by atoms with E-state index in [2.05, 4.69) is 33.8 Å². The average molecular weight is 341 g/mol. The van der Waals surface area contributed by atoms with E-state index in [0.717, 1.165) is 36.7 Å². The van der Waals surface area contributed by atoms with Crippen LogP contribution in [0.2, 0.25) is 0 Å². The first-order valence-electron chi connectivity index (χ1n) is 8.52. The minimum absolute atomic E-state index is 0.237. The second kappa shape index (κ2) is 7.61. The molecular weight excluding hydrogens is 317 g/mol. The summed E-state index contributed by atoms with van der Waals surface area (Å²) in [6, 6.07) is 6.42. The molecule has 0 saturated heterocycles. The van der Waals surface area contributed by atoms with Crippen LogP contribution in [-0.4, -0.2) is 25.9 Å². The summed E-state index contributed by atoms with van der Waals surface area (Å²) in [4.78, 5) is 4.07. The van der Waals surface area contributed by atoms with Crippen LogP contribution < -0.4 is 5.32 Å². The zero-order valence-electron chi connectivity index (χ0n) is 14.9. The average Bonchev–Trinajstić information content (AvgIpc) is 3.18. The predicted octanol–water partition coefficient (Wildman–Crippen LogP) is 3.25. The molecule has 0 spiro atoms. The van der Waals surface area contributed by atoms with E-state index in [4.69, 9.17) is 0 Å². The Morgan fingerprint density at radius 1 is 1.20 bits per heavy atom. The fourth-order valence-corrected chi connectivity index (χ4v) is 3.03. The van der Waals surface area contributed by atoms with E-state index in [1.165, 1.54) is 17.7 Å². The molecule has 1 atom stereocenters. The third-order valence-corrected chi connectivity index (χ3v) is 4.39. The van der Waals surface area contributed by atoms with Gasteiger partial charge < -0.3 is 9.88 Å². The highest BCUT2D eigenvalue weighted by Crippen LogP contribution is 2.18. The molecule has 0 aliphatic heterocycles. The van der Waals surface area contributed by atoms with Gasteiger partial charge in [-0.3, -0.25) is 0 Å². The highest BCUT2D eigenvalue weighted by molar-refractivity contribution is 5.37. The molecule has 6 heteroatoms. The van der Waals surface area contributed by atoms with Crippen molar-refractivity contribution >= 4 is 0 Å². The SMILES string of the molecule is Cc1nn(-c2ccc(F)cc2)c(C)c1CNCC(C)Cn1ccnc1. The summed E-state index contributed by atoms with van der Waals surface area (Å²) in [5.41, 5.74) is 4.15. The van der Waals surface area contributed by atoms with Gasteiger partial charge in [-0.25, -0.2) is 14.1 Å². The topological polar surface area (TPSA) is 47.7 Å². The Kier molecular flexibility index (Phi) is 5.28. The zero-order valence-corrected chi connectivity index (χ0v) is 14.9. The maximum atomic E-state index is 13.1. The summed E-state index contributed by atoms with van der Waals surface area (Å²) in [5, 5.41) is 8.13. The van der Waals surface area contributed by atoms with Crippen molar-refractivity contribution in [3.63, 3.8) is 0 Å². The van der Waals surface area contributed by atoms with Crippen molar-refractivity contribution in [3.8, 4) is 5.69 Å². The lowest BCUT2D eigenvalue weighted by molar-refractivity contribution is 0.444. The first-order chi connectivity index (χ1) is 12.0. The van der Waals surface area contributed by atoms with Crippen LogP contribution in [0.3, 0.4) is 0 Å². The van der Waals surface area contributed by atoms with Gasteiger partial charge in [-0.05, 0) is 50.6 Å². The summed E-state index contributed by atoms with van der Waals surface area (Å²) in [6.07, 6.45) is 5.63. The summed E-state index contributed by atoms with van der Waals surface area (Å²) in [5.74, 6) is 0.265. The monoisotopic (exact) mass is 341 g/mol. The number of benzene rings is 1. The highest BCUT2D eigenvalue weighted by Gasteiger charge is 2.13. The van der Waals surface area contributed by atoms with Crippen LogP contribution in [0.1, 0.15) is 23.9 Å². The van der Waals surface area contributed by atoms with Gasteiger partial charge in [-0.1, -0.05) is 6.92 Å². The number of halogens is 1. The van der Waals surface area contributed by atoms with Gasteiger partial charge in [-0.2, -0.15) is 5.10 Å². The third-order valence-electron chi connectivity index (χ3n) is 4.39. The first kappa shape index (κ1) is 17.4. The van der Waals surface area contributed by atoms with Gasteiger partial charge in [0.1, 0.15) is 5.82 Å². The second-order valence-electron chi connectivity index (χ2n) is 6.53. The summed E-state index contributed by atoms with van der Waals surface area (Å²) in [7, 11) is 0. The number of imidazole rings is 1. The van der Waals surface area contributed by atoms with E-state index in [0.29, 0.717) is 5.92 Å².